The number of aliphatic carboxylic acids is 1. The minimum atomic E-state index is -3.97. The van der Waals surface area contributed by atoms with Gasteiger partial charge >= 0.3 is 5.97 Å². The number of nitrogens with zero attached hydrogens (tertiary/aromatic N) is 3. The molecule has 214 valence electrons. The number of sulfonamides is 1. The van der Waals surface area contributed by atoms with Crippen molar-refractivity contribution < 1.29 is 23.1 Å². The fraction of sp³-hybridized carbons (Fsp3) is 0.258. The van der Waals surface area contributed by atoms with E-state index in [2.05, 4.69) is 29.1 Å². The van der Waals surface area contributed by atoms with Crippen LogP contribution in [0.3, 0.4) is 0 Å². The highest BCUT2D eigenvalue weighted by Crippen LogP contribution is 2.26. The fourth-order valence-electron chi connectivity index (χ4n) is 4.22. The molecular weight excluding hydrogens is 540 g/mol. The van der Waals surface area contributed by atoms with Crippen molar-refractivity contribution in [3.63, 3.8) is 0 Å². The predicted molar refractivity (Wildman–Crippen MR) is 157 cm³/mol. The molecule has 2 N–H and O–H groups in total. The Morgan fingerprint density at radius 1 is 0.902 bits per heavy atom. The monoisotopic (exact) mass is 574 g/mol. The van der Waals surface area contributed by atoms with Crippen molar-refractivity contribution in [2.75, 3.05) is 18.5 Å². The van der Waals surface area contributed by atoms with Gasteiger partial charge in [0.2, 0.25) is 0 Å². The van der Waals surface area contributed by atoms with Gasteiger partial charge in [0.25, 0.3) is 10.0 Å². The van der Waals surface area contributed by atoms with E-state index in [1.807, 2.05) is 54.6 Å². The third kappa shape index (κ3) is 8.43. The van der Waals surface area contributed by atoms with Crippen LogP contribution in [-0.2, 0) is 44.7 Å². The minimum absolute atomic E-state index is 0.0257. The molecule has 9 nitrogen and oxygen atoms in total. The largest absolute Gasteiger partial charge is 0.480 e. The highest BCUT2D eigenvalue weighted by molar-refractivity contribution is 7.89. The van der Waals surface area contributed by atoms with Crippen molar-refractivity contribution in [3.8, 4) is 0 Å². The predicted octanol–water partition coefficient (Wildman–Crippen LogP) is 4.86. The van der Waals surface area contributed by atoms with Crippen LogP contribution in [0, 0.1) is 0 Å². The average Bonchev–Trinajstić information content (AvgIpc) is 2.97. The van der Waals surface area contributed by atoms with E-state index in [1.165, 1.54) is 16.6 Å². The van der Waals surface area contributed by atoms with Crippen molar-refractivity contribution in [1.29, 1.82) is 0 Å². The Labute approximate surface area is 240 Å². The van der Waals surface area contributed by atoms with Crippen molar-refractivity contribution in [3.05, 3.63) is 120 Å². The van der Waals surface area contributed by atoms with E-state index in [9.17, 15) is 13.2 Å². The number of pyridine rings is 2. The lowest BCUT2D eigenvalue weighted by atomic mass is 9.85. The summed E-state index contributed by atoms with van der Waals surface area (Å²) in [6.07, 6.45) is 1.44. The number of hydrogen-bond donors (Lipinski definition) is 2. The zero-order valence-electron chi connectivity index (χ0n) is 23.1. The first-order valence-corrected chi connectivity index (χ1v) is 14.6. The molecule has 0 amide bonds. The molecule has 2 heterocycles. The molecule has 0 aliphatic carbocycles. The molecule has 0 fully saturated rings. The van der Waals surface area contributed by atoms with E-state index in [-0.39, 0.29) is 30.1 Å². The number of aromatic nitrogens is 2. The van der Waals surface area contributed by atoms with Gasteiger partial charge in [0, 0.05) is 18.2 Å². The lowest BCUT2D eigenvalue weighted by molar-refractivity contribution is -0.134. The summed E-state index contributed by atoms with van der Waals surface area (Å²) in [4.78, 5) is 19.4. The van der Waals surface area contributed by atoms with Gasteiger partial charge in [-0.05, 0) is 41.0 Å². The maximum Gasteiger partial charge on any atom is 0.322 e. The number of rotatable bonds is 14. The number of ether oxygens (including phenoxy) is 1. The van der Waals surface area contributed by atoms with Crippen molar-refractivity contribution in [1.82, 2.24) is 14.3 Å². The fourth-order valence-corrected chi connectivity index (χ4v) is 5.55. The van der Waals surface area contributed by atoms with Crippen LogP contribution < -0.4 is 5.32 Å². The Hall–Kier alpha value is -4.12. The van der Waals surface area contributed by atoms with Crippen LogP contribution in [0.4, 0.5) is 5.82 Å². The number of carboxylic acid groups (broad SMARTS) is 1. The van der Waals surface area contributed by atoms with E-state index >= 15 is 0 Å². The zero-order chi connectivity index (χ0) is 29.3. The molecule has 0 saturated heterocycles. The smallest absolute Gasteiger partial charge is 0.322 e. The molecule has 4 aromatic rings. The second kappa shape index (κ2) is 13.5. The lowest BCUT2D eigenvalue weighted by Gasteiger charge is -2.26. The van der Waals surface area contributed by atoms with Crippen molar-refractivity contribution in [2.45, 2.75) is 44.0 Å². The lowest BCUT2D eigenvalue weighted by Crippen LogP contribution is -2.31. The van der Waals surface area contributed by atoms with Crippen molar-refractivity contribution in [2.24, 2.45) is 0 Å². The molecule has 41 heavy (non-hydrogen) atoms. The van der Waals surface area contributed by atoms with E-state index in [0.717, 1.165) is 16.7 Å². The van der Waals surface area contributed by atoms with Crippen LogP contribution in [0.15, 0.2) is 102 Å². The first-order chi connectivity index (χ1) is 19.6. The highest BCUT2D eigenvalue weighted by Gasteiger charge is 2.27. The first-order valence-electron chi connectivity index (χ1n) is 13.2. The van der Waals surface area contributed by atoms with E-state index < -0.39 is 16.0 Å². The van der Waals surface area contributed by atoms with Gasteiger partial charge < -0.3 is 15.2 Å². The summed E-state index contributed by atoms with van der Waals surface area (Å²) in [6.45, 7) is 5.06. The summed E-state index contributed by atoms with van der Waals surface area (Å²) in [5.41, 5.74) is 3.21. The maximum absolute atomic E-state index is 13.6. The molecule has 2 aromatic heterocycles. The molecule has 0 aliphatic heterocycles. The van der Waals surface area contributed by atoms with E-state index in [0.29, 0.717) is 24.7 Å². The molecule has 10 heteroatoms. The number of hydrogen-bond acceptors (Lipinski definition) is 7. The number of anilines is 1. The van der Waals surface area contributed by atoms with Gasteiger partial charge in [-0.2, -0.15) is 4.31 Å². The Balaban J connectivity index is 1.51. The van der Waals surface area contributed by atoms with Gasteiger partial charge in [0.15, 0.2) is 5.03 Å². The summed E-state index contributed by atoms with van der Waals surface area (Å²) < 4.78 is 34.6. The van der Waals surface area contributed by atoms with Crippen LogP contribution in [0.1, 0.15) is 36.2 Å². The molecule has 0 radical (unpaired) electrons. The van der Waals surface area contributed by atoms with Crippen molar-refractivity contribution >= 4 is 21.8 Å². The topological polar surface area (TPSA) is 122 Å². The zero-order valence-corrected chi connectivity index (χ0v) is 23.9. The Morgan fingerprint density at radius 3 is 2.32 bits per heavy atom. The second-order valence-electron chi connectivity index (χ2n) is 10.3. The quantitative estimate of drug-likeness (QED) is 0.219. The van der Waals surface area contributed by atoms with Gasteiger partial charge in [-0.3, -0.25) is 4.79 Å². The second-order valence-corrected chi connectivity index (χ2v) is 12.1. The molecule has 0 spiro atoms. The standard InChI is InChI=1S/C31H34N4O5S/c1-31(2,23-40-22-25-9-4-3-5-10-25)26-16-14-24(15-17-26)20-35(41(38,39)29-13-6-7-18-32-29)21-27-11-8-12-28(34-27)33-19-30(36)37/h3-18H,19-23H2,1-2H3,(H,33,34)(H,36,37). The third-order valence-electron chi connectivity index (χ3n) is 6.48. The summed E-state index contributed by atoms with van der Waals surface area (Å²) >= 11 is 0. The minimum Gasteiger partial charge on any atom is -0.480 e. The van der Waals surface area contributed by atoms with Crippen LogP contribution in [0.25, 0.3) is 0 Å². The Bertz CT molecular complexity index is 1530. The number of carbonyl (C=O) groups is 1. The highest BCUT2D eigenvalue weighted by atomic mass is 32.2. The third-order valence-corrected chi connectivity index (χ3v) is 8.18. The SMILES string of the molecule is CC(C)(COCc1ccccc1)c1ccc(CN(Cc2cccc(NCC(=O)O)n2)S(=O)(=O)c2ccccn2)cc1. The summed E-state index contributed by atoms with van der Waals surface area (Å²) in [6, 6.07) is 27.7. The summed E-state index contributed by atoms with van der Waals surface area (Å²) in [5.74, 6) is -0.674. The average molecular weight is 575 g/mol. The van der Waals surface area contributed by atoms with Crippen LogP contribution in [0.5, 0.6) is 0 Å². The normalized spacial score (nSPS) is 11.9. The number of carboxylic acids is 1. The molecule has 0 unspecified atom stereocenters. The van der Waals surface area contributed by atoms with Gasteiger partial charge in [0.1, 0.15) is 12.4 Å². The molecule has 4 rings (SSSR count). The maximum atomic E-state index is 13.6. The number of nitrogens with one attached hydrogen (secondary N) is 1. The summed E-state index contributed by atoms with van der Waals surface area (Å²) in [7, 11) is -3.97. The van der Waals surface area contributed by atoms with Crippen LogP contribution >= 0.6 is 0 Å². The molecule has 2 aromatic carbocycles. The van der Waals surface area contributed by atoms with Gasteiger partial charge in [0.05, 0.1) is 25.5 Å². The van der Waals surface area contributed by atoms with E-state index in [4.69, 9.17) is 9.84 Å². The summed E-state index contributed by atoms with van der Waals surface area (Å²) in [5, 5.41) is 11.6. The Morgan fingerprint density at radius 2 is 1.63 bits per heavy atom. The van der Waals surface area contributed by atoms with Gasteiger partial charge in [-0.1, -0.05) is 80.6 Å². The van der Waals surface area contributed by atoms with Crippen LogP contribution in [-0.4, -0.2) is 46.9 Å². The van der Waals surface area contributed by atoms with Gasteiger partial charge in [-0.15, -0.1) is 0 Å². The van der Waals surface area contributed by atoms with Crippen LogP contribution in [0.2, 0.25) is 0 Å². The molecule has 0 atom stereocenters. The van der Waals surface area contributed by atoms with E-state index in [1.54, 1.807) is 30.3 Å². The Kier molecular flexibility index (Phi) is 9.82. The molecule has 0 saturated carbocycles. The number of benzene rings is 2. The molecule has 0 bridgehead atoms. The molecule has 0 aliphatic rings. The van der Waals surface area contributed by atoms with Gasteiger partial charge in [-0.25, -0.2) is 18.4 Å². The molecular formula is C31H34N4O5S. The first kappa shape index (κ1) is 29.9.